The Morgan fingerprint density at radius 1 is 0.824 bits per heavy atom. The number of nitrogens with zero attached hydrogens (tertiary/aromatic N) is 1. The zero-order valence-electron chi connectivity index (χ0n) is 19.1. The predicted molar refractivity (Wildman–Crippen MR) is 131 cm³/mol. The van der Waals surface area contributed by atoms with E-state index in [1.165, 1.54) is 35.5 Å². The minimum Gasteiger partial charge on any atom is -0.345 e. The number of ketones is 1. The number of hydrogen-bond acceptors (Lipinski definition) is 4. The molecule has 1 amide bonds. The van der Waals surface area contributed by atoms with Crippen LogP contribution in [0.15, 0.2) is 89.8 Å². The molecular formula is C27H28N2O4S. The first kappa shape index (κ1) is 23.9. The van der Waals surface area contributed by atoms with Crippen molar-refractivity contribution in [2.75, 3.05) is 13.1 Å². The molecule has 7 heteroatoms. The van der Waals surface area contributed by atoms with Gasteiger partial charge in [-0.3, -0.25) is 9.59 Å². The van der Waals surface area contributed by atoms with Crippen molar-refractivity contribution in [1.82, 2.24) is 9.62 Å². The summed E-state index contributed by atoms with van der Waals surface area (Å²) in [5, 5.41) is 3.18. The number of Topliss-reactive ketones (excluding diaryl/α,β-unsaturated/α-hetero) is 1. The van der Waals surface area contributed by atoms with Gasteiger partial charge in [-0.05, 0) is 43.0 Å². The average Bonchev–Trinajstić information content (AvgIpc) is 2.88. The molecule has 0 aliphatic carbocycles. The van der Waals surface area contributed by atoms with Gasteiger partial charge in [0.15, 0.2) is 5.78 Å². The van der Waals surface area contributed by atoms with E-state index in [-0.39, 0.29) is 41.6 Å². The van der Waals surface area contributed by atoms with Crippen molar-refractivity contribution in [3.8, 4) is 0 Å². The quantitative estimate of drug-likeness (QED) is 0.518. The maximum Gasteiger partial charge on any atom is 0.243 e. The molecule has 0 atom stereocenters. The summed E-state index contributed by atoms with van der Waals surface area (Å²) in [5.74, 6) is -0.442. The van der Waals surface area contributed by atoms with Crippen molar-refractivity contribution in [3.05, 3.63) is 102 Å². The highest BCUT2D eigenvalue weighted by Crippen LogP contribution is 2.27. The highest BCUT2D eigenvalue weighted by molar-refractivity contribution is 7.89. The summed E-state index contributed by atoms with van der Waals surface area (Å²) < 4.78 is 27.5. The van der Waals surface area contributed by atoms with E-state index in [0.717, 1.165) is 11.1 Å². The van der Waals surface area contributed by atoms with Gasteiger partial charge in [-0.2, -0.15) is 4.31 Å². The van der Waals surface area contributed by atoms with Gasteiger partial charge in [0, 0.05) is 24.6 Å². The number of hydrogen-bond donors (Lipinski definition) is 1. The minimum atomic E-state index is -3.67. The molecule has 4 rings (SSSR count). The van der Waals surface area contributed by atoms with E-state index in [4.69, 9.17) is 0 Å². The van der Waals surface area contributed by atoms with Crippen LogP contribution in [0.4, 0.5) is 0 Å². The molecule has 1 heterocycles. The van der Waals surface area contributed by atoms with Gasteiger partial charge in [0.2, 0.25) is 15.9 Å². The highest BCUT2D eigenvalue weighted by Gasteiger charge is 2.33. The first-order chi connectivity index (χ1) is 16.4. The lowest BCUT2D eigenvalue weighted by atomic mass is 9.94. The molecule has 0 aromatic heterocycles. The van der Waals surface area contributed by atoms with Gasteiger partial charge in [-0.1, -0.05) is 72.8 Å². The highest BCUT2D eigenvalue weighted by atomic mass is 32.2. The van der Waals surface area contributed by atoms with E-state index in [2.05, 4.69) is 5.32 Å². The Kier molecular flexibility index (Phi) is 7.24. The van der Waals surface area contributed by atoms with Crippen LogP contribution >= 0.6 is 0 Å². The van der Waals surface area contributed by atoms with Gasteiger partial charge >= 0.3 is 0 Å². The molecule has 0 unspecified atom stereocenters. The van der Waals surface area contributed by atoms with E-state index in [1.807, 2.05) is 60.7 Å². The molecular weight excluding hydrogens is 448 g/mol. The van der Waals surface area contributed by atoms with Crippen LogP contribution < -0.4 is 5.32 Å². The number of sulfonamides is 1. The van der Waals surface area contributed by atoms with Crippen LogP contribution in [0.5, 0.6) is 0 Å². The third-order valence-electron chi connectivity index (χ3n) is 6.28. The lowest BCUT2D eigenvalue weighted by molar-refractivity contribution is -0.126. The minimum absolute atomic E-state index is 0.0689. The molecule has 1 aliphatic heterocycles. The second kappa shape index (κ2) is 10.3. The lowest BCUT2D eigenvalue weighted by Gasteiger charge is -2.31. The summed E-state index contributed by atoms with van der Waals surface area (Å²) in [4.78, 5) is 24.8. The van der Waals surface area contributed by atoms with Crippen molar-refractivity contribution in [2.24, 2.45) is 5.92 Å². The Bertz CT molecular complexity index is 1200. The SMILES string of the molecule is CC(=O)c1ccc(S(=O)(=O)N2CCC(C(=O)NC(c3ccccc3)c3ccccc3)CC2)cc1. The van der Waals surface area contributed by atoms with E-state index < -0.39 is 10.0 Å². The zero-order chi connectivity index (χ0) is 24.1. The van der Waals surface area contributed by atoms with Crippen LogP contribution in [0.25, 0.3) is 0 Å². The second-order valence-electron chi connectivity index (χ2n) is 8.52. The molecule has 1 saturated heterocycles. The number of nitrogens with one attached hydrogen (secondary N) is 1. The second-order valence-corrected chi connectivity index (χ2v) is 10.5. The van der Waals surface area contributed by atoms with Gasteiger partial charge in [0.25, 0.3) is 0 Å². The fourth-order valence-corrected chi connectivity index (χ4v) is 5.75. The normalized spacial score (nSPS) is 15.2. The Balaban J connectivity index is 1.43. The molecule has 6 nitrogen and oxygen atoms in total. The van der Waals surface area contributed by atoms with Crippen LogP contribution in [0.3, 0.4) is 0 Å². The molecule has 1 aliphatic rings. The third-order valence-corrected chi connectivity index (χ3v) is 8.19. The molecule has 3 aromatic rings. The standard InChI is InChI=1S/C27H28N2O4S/c1-20(30)21-12-14-25(15-13-21)34(32,33)29-18-16-24(17-19-29)27(31)28-26(22-8-4-2-5-9-22)23-10-6-3-7-11-23/h2-15,24,26H,16-19H2,1H3,(H,28,31). The van der Waals surface area contributed by atoms with Crippen molar-refractivity contribution in [1.29, 1.82) is 0 Å². The summed E-state index contributed by atoms with van der Waals surface area (Å²) in [5.41, 5.74) is 2.47. The smallest absolute Gasteiger partial charge is 0.243 e. The van der Waals surface area contributed by atoms with Gasteiger partial charge in [0.05, 0.1) is 10.9 Å². The summed E-state index contributed by atoms with van der Waals surface area (Å²) in [6.07, 6.45) is 0.903. The number of rotatable bonds is 7. The van der Waals surface area contributed by atoms with Gasteiger partial charge < -0.3 is 5.32 Å². The molecule has 1 N–H and O–H groups in total. The van der Waals surface area contributed by atoms with Crippen molar-refractivity contribution in [2.45, 2.75) is 30.7 Å². The molecule has 34 heavy (non-hydrogen) atoms. The van der Waals surface area contributed by atoms with Gasteiger partial charge in [-0.15, -0.1) is 0 Å². The number of piperidine rings is 1. The summed E-state index contributed by atoms with van der Waals surface area (Å²) in [6, 6.07) is 25.4. The Hall–Kier alpha value is -3.29. The molecule has 0 bridgehead atoms. The van der Waals surface area contributed by atoms with E-state index in [1.54, 1.807) is 0 Å². The van der Waals surface area contributed by atoms with E-state index in [9.17, 15) is 18.0 Å². The van der Waals surface area contributed by atoms with E-state index >= 15 is 0 Å². The molecule has 1 fully saturated rings. The molecule has 0 radical (unpaired) electrons. The summed E-state index contributed by atoms with van der Waals surface area (Å²) >= 11 is 0. The average molecular weight is 477 g/mol. The zero-order valence-corrected chi connectivity index (χ0v) is 19.9. The maximum atomic E-state index is 13.2. The number of benzene rings is 3. The fourth-order valence-electron chi connectivity index (χ4n) is 4.28. The van der Waals surface area contributed by atoms with E-state index in [0.29, 0.717) is 18.4 Å². The molecule has 0 spiro atoms. The summed E-state index contributed by atoms with van der Waals surface area (Å²) in [6.45, 7) is 1.99. The van der Waals surface area contributed by atoms with Crippen LogP contribution in [0, 0.1) is 5.92 Å². The van der Waals surface area contributed by atoms with Gasteiger partial charge in [0.1, 0.15) is 0 Å². The largest absolute Gasteiger partial charge is 0.345 e. The Morgan fingerprint density at radius 2 is 1.32 bits per heavy atom. The first-order valence-electron chi connectivity index (χ1n) is 11.4. The number of amides is 1. The lowest BCUT2D eigenvalue weighted by Crippen LogP contribution is -2.43. The van der Waals surface area contributed by atoms with Crippen LogP contribution in [0.2, 0.25) is 0 Å². The number of carbonyl (C=O) groups is 2. The Labute approximate surface area is 200 Å². The van der Waals surface area contributed by atoms with Crippen LogP contribution in [-0.2, 0) is 14.8 Å². The maximum absolute atomic E-state index is 13.2. The molecule has 176 valence electrons. The van der Waals surface area contributed by atoms with Crippen molar-refractivity contribution in [3.63, 3.8) is 0 Å². The Morgan fingerprint density at radius 3 is 1.79 bits per heavy atom. The number of carbonyl (C=O) groups excluding carboxylic acids is 2. The molecule has 0 saturated carbocycles. The van der Waals surface area contributed by atoms with Crippen LogP contribution in [0.1, 0.15) is 47.3 Å². The predicted octanol–water partition coefficient (Wildman–Crippen LogP) is 4.20. The summed E-state index contributed by atoms with van der Waals surface area (Å²) in [7, 11) is -3.67. The first-order valence-corrected chi connectivity index (χ1v) is 12.8. The monoisotopic (exact) mass is 476 g/mol. The van der Waals surface area contributed by atoms with Crippen LogP contribution in [-0.4, -0.2) is 37.5 Å². The van der Waals surface area contributed by atoms with Crippen molar-refractivity contribution >= 4 is 21.7 Å². The van der Waals surface area contributed by atoms with Crippen molar-refractivity contribution < 1.29 is 18.0 Å². The van der Waals surface area contributed by atoms with Gasteiger partial charge in [-0.25, -0.2) is 8.42 Å². The molecule has 3 aromatic carbocycles. The fraction of sp³-hybridized carbons (Fsp3) is 0.259. The topological polar surface area (TPSA) is 83.6 Å². The third kappa shape index (κ3) is 5.26.